The van der Waals surface area contributed by atoms with Gasteiger partial charge in [-0.15, -0.1) is 11.6 Å². The summed E-state index contributed by atoms with van der Waals surface area (Å²) in [6, 6.07) is 14.9. The summed E-state index contributed by atoms with van der Waals surface area (Å²) in [4.78, 5) is 36.0. The third-order valence-corrected chi connectivity index (χ3v) is 7.63. The molecule has 1 aliphatic rings. The third kappa shape index (κ3) is 5.00. The van der Waals surface area contributed by atoms with E-state index in [9.17, 15) is 9.59 Å². The van der Waals surface area contributed by atoms with Crippen molar-refractivity contribution in [3.63, 3.8) is 0 Å². The number of hydrogen-bond acceptors (Lipinski definition) is 5. The summed E-state index contributed by atoms with van der Waals surface area (Å²) in [6.07, 6.45) is 0. The van der Waals surface area contributed by atoms with Gasteiger partial charge in [-0.3, -0.25) is 19.1 Å². The summed E-state index contributed by atoms with van der Waals surface area (Å²) in [6.45, 7) is 12.4. The van der Waals surface area contributed by atoms with Crippen LogP contribution in [0.3, 0.4) is 0 Å². The normalized spacial score (nSPS) is 17.8. The Bertz CT molecular complexity index is 1290. The first-order chi connectivity index (χ1) is 17.2. The molecule has 0 aliphatic carbocycles. The highest BCUT2D eigenvalue weighted by Crippen LogP contribution is 2.28. The Morgan fingerprint density at radius 3 is 2.50 bits per heavy atom. The summed E-state index contributed by atoms with van der Waals surface area (Å²) in [5.74, 6) is 1.79. The summed E-state index contributed by atoms with van der Waals surface area (Å²) in [5.41, 5.74) is 0.723. The molecular weight excluding hydrogens is 476 g/mol. The van der Waals surface area contributed by atoms with Gasteiger partial charge in [0.2, 0.25) is 5.91 Å². The van der Waals surface area contributed by atoms with Crippen LogP contribution in [0.15, 0.2) is 53.3 Å². The van der Waals surface area contributed by atoms with Gasteiger partial charge in [0.1, 0.15) is 11.6 Å². The molecule has 1 saturated heterocycles. The number of amides is 1. The SMILES string of the molecule is CCOc1ccc(-n2c(C(C)N3CCN(C(=O)C(C)(C)CCl)C(C)C3)nc3ccccc3c2=O)cc1. The summed E-state index contributed by atoms with van der Waals surface area (Å²) in [7, 11) is 0. The van der Waals surface area contributed by atoms with Crippen LogP contribution in [0.25, 0.3) is 16.6 Å². The number of hydrogen-bond donors (Lipinski definition) is 0. The van der Waals surface area contributed by atoms with Crippen LogP contribution in [0.2, 0.25) is 0 Å². The predicted octanol–water partition coefficient (Wildman–Crippen LogP) is 4.64. The lowest BCUT2D eigenvalue weighted by molar-refractivity contribution is -0.144. The van der Waals surface area contributed by atoms with E-state index in [1.807, 2.05) is 74.2 Å². The Labute approximate surface area is 217 Å². The summed E-state index contributed by atoms with van der Waals surface area (Å²) < 4.78 is 7.30. The lowest BCUT2D eigenvalue weighted by Gasteiger charge is -2.44. The van der Waals surface area contributed by atoms with E-state index in [4.69, 9.17) is 21.3 Å². The highest BCUT2D eigenvalue weighted by atomic mass is 35.5. The van der Waals surface area contributed by atoms with E-state index in [0.717, 1.165) is 11.4 Å². The highest BCUT2D eigenvalue weighted by Gasteiger charge is 2.37. The molecule has 1 fully saturated rings. The zero-order valence-corrected chi connectivity index (χ0v) is 22.5. The van der Waals surface area contributed by atoms with E-state index in [0.29, 0.717) is 43.0 Å². The van der Waals surface area contributed by atoms with E-state index in [2.05, 4.69) is 18.7 Å². The maximum Gasteiger partial charge on any atom is 0.266 e. The predicted molar refractivity (Wildman–Crippen MR) is 144 cm³/mol. The number of carbonyl (C=O) groups is 1. The minimum absolute atomic E-state index is 0.0160. The first-order valence-electron chi connectivity index (χ1n) is 12.5. The molecule has 1 amide bonds. The number of aromatic nitrogens is 2. The second-order valence-electron chi connectivity index (χ2n) is 10.1. The van der Waals surface area contributed by atoms with Crippen LogP contribution in [-0.4, -0.2) is 63.4 Å². The average molecular weight is 511 g/mol. The molecule has 0 N–H and O–H groups in total. The van der Waals surface area contributed by atoms with Gasteiger partial charge in [0.05, 0.1) is 34.7 Å². The van der Waals surface area contributed by atoms with E-state index in [1.54, 1.807) is 4.57 Å². The van der Waals surface area contributed by atoms with Gasteiger partial charge in [-0.05, 0) is 71.0 Å². The molecule has 2 atom stereocenters. The van der Waals surface area contributed by atoms with Crippen molar-refractivity contribution in [2.24, 2.45) is 5.41 Å². The number of rotatable bonds is 7. The Morgan fingerprint density at radius 2 is 1.86 bits per heavy atom. The summed E-state index contributed by atoms with van der Waals surface area (Å²) in [5, 5.41) is 0.578. The van der Waals surface area contributed by atoms with Gasteiger partial charge in [-0.1, -0.05) is 12.1 Å². The molecule has 2 unspecified atom stereocenters. The first kappa shape index (κ1) is 26.2. The smallest absolute Gasteiger partial charge is 0.266 e. The van der Waals surface area contributed by atoms with Gasteiger partial charge < -0.3 is 9.64 Å². The minimum Gasteiger partial charge on any atom is -0.494 e. The molecule has 0 radical (unpaired) electrons. The van der Waals surface area contributed by atoms with Crippen molar-refractivity contribution in [3.8, 4) is 11.4 Å². The van der Waals surface area contributed by atoms with Crippen molar-refractivity contribution in [1.82, 2.24) is 19.4 Å². The largest absolute Gasteiger partial charge is 0.494 e. The van der Waals surface area contributed by atoms with Crippen molar-refractivity contribution < 1.29 is 9.53 Å². The number of nitrogens with zero attached hydrogens (tertiary/aromatic N) is 4. The Morgan fingerprint density at radius 1 is 1.17 bits per heavy atom. The molecule has 2 heterocycles. The molecule has 3 aromatic rings. The van der Waals surface area contributed by atoms with Crippen LogP contribution >= 0.6 is 11.6 Å². The summed E-state index contributed by atoms with van der Waals surface area (Å²) >= 11 is 6.07. The minimum atomic E-state index is -0.600. The van der Waals surface area contributed by atoms with Crippen LogP contribution in [0.5, 0.6) is 5.75 Å². The van der Waals surface area contributed by atoms with Crippen molar-refractivity contribution in [2.45, 2.75) is 46.7 Å². The van der Waals surface area contributed by atoms with E-state index < -0.39 is 5.41 Å². The number of carbonyl (C=O) groups excluding carboxylic acids is 1. The van der Waals surface area contributed by atoms with Crippen LogP contribution in [0.4, 0.5) is 0 Å². The van der Waals surface area contributed by atoms with Gasteiger partial charge >= 0.3 is 0 Å². The molecule has 1 aromatic heterocycles. The molecule has 36 heavy (non-hydrogen) atoms. The number of benzene rings is 2. The fourth-order valence-corrected chi connectivity index (χ4v) is 4.90. The Hall–Kier alpha value is -2.90. The number of piperazine rings is 1. The molecule has 2 aromatic carbocycles. The molecule has 4 rings (SSSR count). The number of fused-ring (bicyclic) bond motifs is 1. The lowest BCUT2D eigenvalue weighted by Crippen LogP contribution is -2.57. The maximum atomic E-state index is 13.7. The Balaban J connectivity index is 1.70. The lowest BCUT2D eigenvalue weighted by atomic mass is 9.93. The quantitative estimate of drug-likeness (QED) is 0.433. The molecule has 192 valence electrons. The van der Waals surface area contributed by atoms with Crippen molar-refractivity contribution >= 4 is 28.4 Å². The van der Waals surface area contributed by atoms with E-state index in [-0.39, 0.29) is 29.4 Å². The fourth-order valence-electron chi connectivity index (χ4n) is 4.79. The average Bonchev–Trinajstić information content (AvgIpc) is 2.88. The molecular formula is C28H35ClN4O3. The number of ether oxygens (including phenoxy) is 1. The topological polar surface area (TPSA) is 67.7 Å². The second-order valence-corrected chi connectivity index (χ2v) is 10.4. The van der Waals surface area contributed by atoms with Crippen LogP contribution in [-0.2, 0) is 4.79 Å². The zero-order valence-electron chi connectivity index (χ0n) is 21.7. The fraction of sp³-hybridized carbons (Fsp3) is 0.464. The first-order valence-corrected chi connectivity index (χ1v) is 13.1. The number of halogens is 1. The van der Waals surface area contributed by atoms with Gasteiger partial charge in [0.25, 0.3) is 5.56 Å². The van der Waals surface area contributed by atoms with Gasteiger partial charge in [0, 0.05) is 31.6 Å². The van der Waals surface area contributed by atoms with E-state index in [1.165, 1.54) is 0 Å². The molecule has 0 spiro atoms. The molecule has 0 bridgehead atoms. The molecule has 0 saturated carbocycles. The van der Waals surface area contributed by atoms with Crippen LogP contribution in [0.1, 0.15) is 46.5 Å². The molecule has 7 nitrogen and oxygen atoms in total. The molecule has 8 heteroatoms. The standard InChI is InChI=1S/C28H35ClN4O3/c1-6-36-22-13-11-21(12-14-22)33-25(30-24-10-8-7-9-23(24)26(33)34)20(3)31-15-16-32(19(2)17-31)27(35)28(4,5)18-29/h7-14,19-20H,6,15-18H2,1-5H3. The van der Waals surface area contributed by atoms with Crippen molar-refractivity contribution in [1.29, 1.82) is 0 Å². The highest BCUT2D eigenvalue weighted by molar-refractivity contribution is 6.19. The third-order valence-electron chi connectivity index (χ3n) is 6.96. The number of alkyl halides is 1. The van der Waals surface area contributed by atoms with E-state index >= 15 is 0 Å². The zero-order chi connectivity index (χ0) is 26.0. The van der Waals surface area contributed by atoms with Gasteiger partial charge in [-0.25, -0.2) is 4.98 Å². The van der Waals surface area contributed by atoms with Crippen LogP contribution < -0.4 is 10.3 Å². The molecule has 1 aliphatic heterocycles. The Kier molecular flexibility index (Phi) is 7.71. The van der Waals surface area contributed by atoms with Crippen LogP contribution in [0, 0.1) is 5.41 Å². The number of para-hydroxylation sites is 1. The van der Waals surface area contributed by atoms with Gasteiger partial charge in [0.15, 0.2) is 0 Å². The maximum absolute atomic E-state index is 13.7. The van der Waals surface area contributed by atoms with Crippen molar-refractivity contribution in [2.75, 3.05) is 32.1 Å². The van der Waals surface area contributed by atoms with Gasteiger partial charge in [-0.2, -0.15) is 0 Å². The second kappa shape index (κ2) is 10.6. The monoisotopic (exact) mass is 510 g/mol. The van der Waals surface area contributed by atoms with Crippen molar-refractivity contribution in [3.05, 3.63) is 64.7 Å².